The van der Waals surface area contributed by atoms with Crippen molar-refractivity contribution in [2.24, 2.45) is 16.7 Å². The number of hydrogen-bond acceptors (Lipinski definition) is 3. The van der Waals surface area contributed by atoms with Crippen LogP contribution < -0.4 is 11.6 Å². The van der Waals surface area contributed by atoms with E-state index in [1.54, 1.807) is 0 Å². The number of nitrogens with two attached hydrogens (primary N) is 2. The summed E-state index contributed by atoms with van der Waals surface area (Å²) < 4.78 is 0. The molecule has 0 aliphatic heterocycles. The van der Waals surface area contributed by atoms with Gasteiger partial charge in [0.15, 0.2) is 0 Å². The second-order valence-electron chi connectivity index (χ2n) is 2.82. The number of unbranched alkanes of at least 4 members (excludes halogenated alkanes) is 3. The van der Waals surface area contributed by atoms with Gasteiger partial charge in [-0.05, 0) is 32.7 Å². The topological polar surface area (TPSA) is 64.4 Å². The Labute approximate surface area is 68.8 Å². The van der Waals surface area contributed by atoms with E-state index in [2.05, 4.69) is 5.10 Å². The zero-order chi connectivity index (χ0) is 8.53. The largest absolute Gasteiger partial charge is 0.330 e. The molecule has 66 valence electrons. The molecule has 0 rings (SSSR count). The van der Waals surface area contributed by atoms with Crippen molar-refractivity contribution in [3.63, 3.8) is 0 Å². The molecule has 11 heavy (non-hydrogen) atoms. The minimum atomic E-state index is 0.809. The van der Waals surface area contributed by atoms with Crippen molar-refractivity contribution in [3.05, 3.63) is 0 Å². The van der Waals surface area contributed by atoms with Crippen LogP contribution in [0.3, 0.4) is 0 Å². The molecule has 0 aromatic rings. The van der Waals surface area contributed by atoms with E-state index in [4.69, 9.17) is 11.6 Å². The predicted molar refractivity (Wildman–Crippen MR) is 49.4 cm³/mol. The van der Waals surface area contributed by atoms with Crippen molar-refractivity contribution in [1.82, 2.24) is 0 Å². The molecular weight excluding hydrogens is 138 g/mol. The van der Waals surface area contributed by atoms with Gasteiger partial charge in [0.1, 0.15) is 0 Å². The SMILES string of the molecule is C/C(CCCCCCN)=N\N. The molecule has 3 nitrogen and oxygen atoms in total. The molecule has 0 spiro atoms. The van der Waals surface area contributed by atoms with Crippen LogP contribution in [0.4, 0.5) is 0 Å². The molecule has 0 aromatic heterocycles. The van der Waals surface area contributed by atoms with Crippen LogP contribution in [0.2, 0.25) is 0 Å². The third-order valence-electron chi connectivity index (χ3n) is 1.71. The molecule has 0 fully saturated rings. The standard InChI is InChI=1S/C8H19N3/c1-8(11-10)6-4-2-3-5-7-9/h2-7,9-10H2,1H3/b11-8+. The zero-order valence-corrected chi connectivity index (χ0v) is 7.34. The van der Waals surface area contributed by atoms with Crippen molar-refractivity contribution in [3.8, 4) is 0 Å². The molecule has 0 bridgehead atoms. The van der Waals surface area contributed by atoms with E-state index in [9.17, 15) is 0 Å². The number of nitrogens with zero attached hydrogens (tertiary/aromatic N) is 1. The lowest BCUT2D eigenvalue weighted by Crippen LogP contribution is -1.99. The minimum Gasteiger partial charge on any atom is -0.330 e. The Kier molecular flexibility index (Phi) is 7.15. The van der Waals surface area contributed by atoms with Crippen LogP contribution in [-0.4, -0.2) is 12.3 Å². The summed E-state index contributed by atoms with van der Waals surface area (Å²) in [6.07, 6.45) is 5.82. The van der Waals surface area contributed by atoms with E-state index in [1.807, 2.05) is 6.92 Å². The number of hydrazone groups is 1. The Morgan fingerprint density at radius 3 is 2.36 bits per heavy atom. The monoisotopic (exact) mass is 157 g/mol. The summed E-state index contributed by atoms with van der Waals surface area (Å²) in [7, 11) is 0. The molecule has 3 heteroatoms. The first kappa shape index (κ1) is 10.4. The summed E-state index contributed by atoms with van der Waals surface area (Å²) in [5, 5.41) is 3.60. The van der Waals surface area contributed by atoms with Crippen LogP contribution in [0.15, 0.2) is 5.10 Å². The van der Waals surface area contributed by atoms with E-state index in [0.717, 1.165) is 25.1 Å². The number of rotatable bonds is 6. The fourth-order valence-electron chi connectivity index (χ4n) is 0.943. The third-order valence-corrected chi connectivity index (χ3v) is 1.71. The summed E-state index contributed by atoms with van der Waals surface area (Å²) in [6, 6.07) is 0. The minimum absolute atomic E-state index is 0.809. The van der Waals surface area contributed by atoms with Crippen molar-refractivity contribution in [1.29, 1.82) is 0 Å². The van der Waals surface area contributed by atoms with Gasteiger partial charge in [-0.25, -0.2) is 0 Å². The van der Waals surface area contributed by atoms with Crippen LogP contribution in [0, 0.1) is 0 Å². The van der Waals surface area contributed by atoms with Gasteiger partial charge in [0.05, 0.1) is 0 Å². The summed E-state index contributed by atoms with van der Waals surface area (Å²) >= 11 is 0. The van der Waals surface area contributed by atoms with Crippen molar-refractivity contribution in [2.45, 2.75) is 39.0 Å². The molecule has 4 N–H and O–H groups in total. The van der Waals surface area contributed by atoms with Crippen LogP contribution in [0.1, 0.15) is 39.0 Å². The lowest BCUT2D eigenvalue weighted by molar-refractivity contribution is 0.658. The molecule has 0 radical (unpaired) electrons. The molecule has 0 unspecified atom stereocenters. The maximum absolute atomic E-state index is 5.35. The highest BCUT2D eigenvalue weighted by Gasteiger charge is 1.91. The highest BCUT2D eigenvalue weighted by atomic mass is 15.1. The highest BCUT2D eigenvalue weighted by Crippen LogP contribution is 2.02. The van der Waals surface area contributed by atoms with E-state index in [0.29, 0.717) is 0 Å². The smallest absolute Gasteiger partial charge is 0.0345 e. The van der Waals surface area contributed by atoms with Crippen LogP contribution in [-0.2, 0) is 0 Å². The molecular formula is C8H19N3. The average Bonchev–Trinajstić information content (AvgIpc) is 2.04. The van der Waals surface area contributed by atoms with E-state index in [-0.39, 0.29) is 0 Å². The van der Waals surface area contributed by atoms with E-state index < -0.39 is 0 Å². The molecule has 0 aromatic carbocycles. The maximum Gasteiger partial charge on any atom is 0.0345 e. The van der Waals surface area contributed by atoms with E-state index >= 15 is 0 Å². The van der Waals surface area contributed by atoms with Gasteiger partial charge in [-0.1, -0.05) is 12.8 Å². The Morgan fingerprint density at radius 2 is 1.82 bits per heavy atom. The lowest BCUT2D eigenvalue weighted by atomic mass is 10.1. The van der Waals surface area contributed by atoms with Gasteiger partial charge < -0.3 is 11.6 Å². The normalized spacial score (nSPS) is 12.0. The molecule has 0 aliphatic rings. The Morgan fingerprint density at radius 1 is 1.18 bits per heavy atom. The molecule has 0 amide bonds. The quantitative estimate of drug-likeness (QED) is 0.263. The molecule has 0 heterocycles. The first-order valence-electron chi connectivity index (χ1n) is 4.24. The average molecular weight is 157 g/mol. The molecule has 0 aliphatic carbocycles. The van der Waals surface area contributed by atoms with Gasteiger partial charge in [-0.15, -0.1) is 0 Å². The van der Waals surface area contributed by atoms with Gasteiger partial charge >= 0.3 is 0 Å². The third kappa shape index (κ3) is 7.33. The van der Waals surface area contributed by atoms with Crippen molar-refractivity contribution < 1.29 is 0 Å². The van der Waals surface area contributed by atoms with Crippen molar-refractivity contribution >= 4 is 5.71 Å². The molecule has 0 saturated carbocycles. The Balaban J connectivity index is 3.02. The molecule has 0 atom stereocenters. The molecule has 0 saturated heterocycles. The van der Waals surface area contributed by atoms with Gasteiger partial charge in [-0.3, -0.25) is 0 Å². The fraction of sp³-hybridized carbons (Fsp3) is 0.875. The van der Waals surface area contributed by atoms with Crippen molar-refractivity contribution in [2.75, 3.05) is 6.54 Å². The maximum atomic E-state index is 5.35. The summed E-state index contributed by atoms with van der Waals surface area (Å²) in [5.74, 6) is 5.08. The summed E-state index contributed by atoms with van der Waals surface area (Å²) in [5.41, 5.74) is 6.39. The Bertz CT molecular complexity index is 110. The highest BCUT2D eigenvalue weighted by molar-refractivity contribution is 5.81. The second-order valence-corrected chi connectivity index (χ2v) is 2.82. The van der Waals surface area contributed by atoms with Gasteiger partial charge in [0.25, 0.3) is 0 Å². The van der Waals surface area contributed by atoms with Gasteiger partial charge in [0, 0.05) is 5.71 Å². The summed E-state index contributed by atoms with van der Waals surface area (Å²) in [4.78, 5) is 0. The first-order valence-corrected chi connectivity index (χ1v) is 4.24. The van der Waals surface area contributed by atoms with E-state index in [1.165, 1.54) is 19.3 Å². The first-order chi connectivity index (χ1) is 5.31. The second kappa shape index (κ2) is 7.54. The fourth-order valence-corrected chi connectivity index (χ4v) is 0.943. The number of hydrogen-bond donors (Lipinski definition) is 2. The zero-order valence-electron chi connectivity index (χ0n) is 7.34. The Hall–Kier alpha value is -0.570. The predicted octanol–water partition coefficient (Wildman–Crippen LogP) is 1.23. The van der Waals surface area contributed by atoms with Gasteiger partial charge in [0.2, 0.25) is 0 Å². The summed E-state index contributed by atoms with van der Waals surface area (Å²) in [6.45, 7) is 2.77. The lowest BCUT2D eigenvalue weighted by Gasteiger charge is -1.98. The van der Waals surface area contributed by atoms with Gasteiger partial charge in [-0.2, -0.15) is 5.10 Å². The van der Waals surface area contributed by atoms with Crippen LogP contribution >= 0.6 is 0 Å². The van der Waals surface area contributed by atoms with Crippen LogP contribution in [0.25, 0.3) is 0 Å². The van der Waals surface area contributed by atoms with Crippen LogP contribution in [0.5, 0.6) is 0 Å².